The van der Waals surface area contributed by atoms with Gasteiger partial charge in [0.2, 0.25) is 11.9 Å². The molecule has 1 rings (SSSR count). The van der Waals surface area contributed by atoms with Gasteiger partial charge < -0.3 is 20.1 Å². The van der Waals surface area contributed by atoms with E-state index in [0.717, 1.165) is 26.2 Å². The fourth-order valence-corrected chi connectivity index (χ4v) is 1.50. The fraction of sp³-hybridized carbons (Fsp3) is 0.786. The Morgan fingerprint density at radius 2 is 1.76 bits per heavy atom. The van der Waals surface area contributed by atoms with E-state index in [4.69, 9.17) is 9.47 Å². The van der Waals surface area contributed by atoms with E-state index < -0.39 is 0 Å². The zero-order valence-electron chi connectivity index (χ0n) is 13.6. The summed E-state index contributed by atoms with van der Waals surface area (Å²) in [5, 5.41) is 6.06. The zero-order valence-corrected chi connectivity index (χ0v) is 13.6. The maximum absolute atomic E-state index is 5.52. The molecule has 0 spiro atoms. The maximum Gasteiger partial charge on any atom is 0.323 e. The molecular weight excluding hydrogens is 270 g/mol. The second-order valence-electron chi connectivity index (χ2n) is 5.43. The van der Waals surface area contributed by atoms with Gasteiger partial charge in [-0.3, -0.25) is 0 Å². The van der Waals surface area contributed by atoms with E-state index in [1.807, 2.05) is 13.8 Å². The molecule has 0 radical (unpaired) electrons. The first kappa shape index (κ1) is 17.4. The molecule has 0 atom stereocenters. The normalized spacial score (nSPS) is 11.0. The molecule has 21 heavy (non-hydrogen) atoms. The molecule has 0 saturated carbocycles. The highest BCUT2D eigenvalue weighted by Gasteiger charge is 2.07. The van der Waals surface area contributed by atoms with Gasteiger partial charge in [0.1, 0.15) is 0 Å². The van der Waals surface area contributed by atoms with Gasteiger partial charge in [0, 0.05) is 26.8 Å². The Balaban J connectivity index is 2.42. The molecule has 0 aromatic carbocycles. The van der Waals surface area contributed by atoms with Gasteiger partial charge in [0.15, 0.2) is 0 Å². The number of aromatic nitrogens is 3. The van der Waals surface area contributed by atoms with Crippen molar-refractivity contribution >= 4 is 11.9 Å². The average Bonchev–Trinajstić information content (AvgIpc) is 2.41. The van der Waals surface area contributed by atoms with Crippen LogP contribution in [0.2, 0.25) is 0 Å². The Labute approximate surface area is 126 Å². The van der Waals surface area contributed by atoms with E-state index >= 15 is 0 Å². The number of nitrogens with one attached hydrogen (secondary N) is 2. The number of hydrogen-bond acceptors (Lipinski definition) is 7. The van der Waals surface area contributed by atoms with Crippen LogP contribution < -0.4 is 15.4 Å². The standard InChI is InChI=1S/C14H27N5O2/c1-10(2)9-20-8-6-7-16-13-17-12(15-5)18-14(19-13)21-11(3)4/h10-11H,6-9H2,1-5H3,(H2,15,16,17,18,19). The molecule has 0 amide bonds. The third kappa shape index (κ3) is 7.65. The van der Waals surface area contributed by atoms with Crippen molar-refractivity contribution in [2.24, 2.45) is 5.92 Å². The summed E-state index contributed by atoms with van der Waals surface area (Å²) in [7, 11) is 1.76. The SMILES string of the molecule is CNc1nc(NCCCOCC(C)C)nc(OC(C)C)n1. The fourth-order valence-electron chi connectivity index (χ4n) is 1.50. The van der Waals surface area contributed by atoms with Crippen LogP contribution >= 0.6 is 0 Å². The molecule has 7 nitrogen and oxygen atoms in total. The van der Waals surface area contributed by atoms with Crippen LogP contribution in [0.3, 0.4) is 0 Å². The molecule has 1 aromatic heterocycles. The highest BCUT2D eigenvalue weighted by Crippen LogP contribution is 2.12. The van der Waals surface area contributed by atoms with Crippen LogP contribution in [0.5, 0.6) is 6.01 Å². The molecule has 7 heteroatoms. The summed E-state index contributed by atoms with van der Waals surface area (Å²) in [6.07, 6.45) is 0.919. The highest BCUT2D eigenvalue weighted by molar-refractivity contribution is 5.35. The lowest BCUT2D eigenvalue weighted by Gasteiger charge is -2.11. The summed E-state index contributed by atoms with van der Waals surface area (Å²) in [5.74, 6) is 1.56. The van der Waals surface area contributed by atoms with Crippen LogP contribution in [0.25, 0.3) is 0 Å². The molecule has 1 aromatic rings. The van der Waals surface area contributed by atoms with Crippen molar-refractivity contribution in [1.82, 2.24) is 15.0 Å². The van der Waals surface area contributed by atoms with Gasteiger partial charge in [-0.15, -0.1) is 0 Å². The van der Waals surface area contributed by atoms with Crippen molar-refractivity contribution in [3.8, 4) is 6.01 Å². The molecule has 0 unspecified atom stereocenters. The Morgan fingerprint density at radius 1 is 1.05 bits per heavy atom. The molecule has 0 aliphatic carbocycles. The van der Waals surface area contributed by atoms with Gasteiger partial charge in [0.05, 0.1) is 6.10 Å². The highest BCUT2D eigenvalue weighted by atomic mass is 16.5. The number of ether oxygens (including phenoxy) is 2. The van der Waals surface area contributed by atoms with Gasteiger partial charge in [-0.2, -0.15) is 15.0 Å². The Kier molecular flexibility index (Phi) is 7.74. The lowest BCUT2D eigenvalue weighted by atomic mass is 10.2. The number of rotatable bonds is 10. The minimum absolute atomic E-state index is 0.0226. The van der Waals surface area contributed by atoms with Gasteiger partial charge in [-0.1, -0.05) is 13.8 Å². The van der Waals surface area contributed by atoms with Crippen molar-refractivity contribution in [2.75, 3.05) is 37.4 Å². The van der Waals surface area contributed by atoms with Crippen molar-refractivity contribution in [1.29, 1.82) is 0 Å². The van der Waals surface area contributed by atoms with Gasteiger partial charge in [-0.25, -0.2) is 0 Å². The summed E-state index contributed by atoms with van der Waals surface area (Å²) in [6, 6.07) is 0.322. The third-order valence-corrected chi connectivity index (χ3v) is 2.38. The van der Waals surface area contributed by atoms with E-state index in [-0.39, 0.29) is 6.10 Å². The Morgan fingerprint density at radius 3 is 2.38 bits per heavy atom. The molecule has 120 valence electrons. The lowest BCUT2D eigenvalue weighted by Crippen LogP contribution is -2.14. The van der Waals surface area contributed by atoms with Crippen molar-refractivity contribution in [3.63, 3.8) is 0 Å². The largest absolute Gasteiger partial charge is 0.461 e. The van der Waals surface area contributed by atoms with Gasteiger partial charge >= 0.3 is 6.01 Å². The molecular formula is C14H27N5O2. The van der Waals surface area contributed by atoms with Gasteiger partial charge in [0.25, 0.3) is 0 Å². The van der Waals surface area contributed by atoms with Crippen molar-refractivity contribution in [3.05, 3.63) is 0 Å². The molecule has 2 N–H and O–H groups in total. The third-order valence-electron chi connectivity index (χ3n) is 2.38. The predicted molar refractivity (Wildman–Crippen MR) is 83.9 cm³/mol. The molecule has 0 saturated heterocycles. The lowest BCUT2D eigenvalue weighted by molar-refractivity contribution is 0.110. The quantitative estimate of drug-likeness (QED) is 0.640. The van der Waals surface area contributed by atoms with Crippen LogP contribution in [0.15, 0.2) is 0 Å². The Bertz CT molecular complexity index is 412. The van der Waals surface area contributed by atoms with E-state index in [1.54, 1.807) is 7.05 Å². The minimum atomic E-state index is 0.0226. The second-order valence-corrected chi connectivity index (χ2v) is 5.43. The van der Waals surface area contributed by atoms with Crippen LogP contribution in [0.1, 0.15) is 34.1 Å². The van der Waals surface area contributed by atoms with E-state index in [1.165, 1.54) is 0 Å². The van der Waals surface area contributed by atoms with Crippen LogP contribution in [0.4, 0.5) is 11.9 Å². The first-order valence-corrected chi connectivity index (χ1v) is 7.43. The summed E-state index contributed by atoms with van der Waals surface area (Å²) in [6.45, 7) is 10.4. The topological polar surface area (TPSA) is 81.2 Å². The summed E-state index contributed by atoms with van der Waals surface area (Å²) in [5.41, 5.74) is 0. The number of hydrogen-bond donors (Lipinski definition) is 2. The van der Waals surface area contributed by atoms with Crippen molar-refractivity contribution in [2.45, 2.75) is 40.2 Å². The van der Waals surface area contributed by atoms with Crippen molar-refractivity contribution < 1.29 is 9.47 Å². The first-order chi connectivity index (χ1) is 10.0. The summed E-state index contributed by atoms with van der Waals surface area (Å²) >= 11 is 0. The van der Waals surface area contributed by atoms with Crippen LogP contribution in [-0.2, 0) is 4.74 Å². The van der Waals surface area contributed by atoms with Gasteiger partial charge in [-0.05, 0) is 26.2 Å². The van der Waals surface area contributed by atoms with E-state index in [2.05, 4.69) is 39.4 Å². The maximum atomic E-state index is 5.52. The summed E-state index contributed by atoms with van der Waals surface area (Å²) < 4.78 is 11.0. The Hall–Kier alpha value is -1.63. The molecule has 0 fully saturated rings. The summed E-state index contributed by atoms with van der Waals surface area (Å²) in [4.78, 5) is 12.6. The molecule has 0 aliphatic heterocycles. The molecule has 0 aliphatic rings. The number of anilines is 2. The van der Waals surface area contributed by atoms with E-state index in [9.17, 15) is 0 Å². The molecule has 0 bridgehead atoms. The molecule has 1 heterocycles. The predicted octanol–water partition coefficient (Wildman–Crippen LogP) is 2.18. The monoisotopic (exact) mass is 297 g/mol. The number of nitrogens with zero attached hydrogens (tertiary/aromatic N) is 3. The zero-order chi connectivity index (χ0) is 15.7. The smallest absolute Gasteiger partial charge is 0.323 e. The van der Waals surface area contributed by atoms with E-state index in [0.29, 0.717) is 23.8 Å². The van der Waals surface area contributed by atoms with Crippen LogP contribution in [0, 0.1) is 5.92 Å². The second kappa shape index (κ2) is 9.33. The minimum Gasteiger partial charge on any atom is -0.461 e. The first-order valence-electron chi connectivity index (χ1n) is 7.43. The average molecular weight is 297 g/mol. The van der Waals surface area contributed by atoms with Crippen LogP contribution in [-0.4, -0.2) is 47.9 Å².